The molecular weight excluding hydrogens is 441 g/mol. The van der Waals surface area contributed by atoms with E-state index in [-0.39, 0.29) is 30.1 Å². The number of rotatable bonds is 7. The van der Waals surface area contributed by atoms with Crippen molar-refractivity contribution in [3.05, 3.63) is 65.2 Å². The van der Waals surface area contributed by atoms with Gasteiger partial charge in [0, 0.05) is 32.8 Å². The van der Waals surface area contributed by atoms with E-state index in [1.165, 1.54) is 5.56 Å². The molecule has 2 aromatic rings. The second-order valence-corrected chi connectivity index (χ2v) is 5.76. The molecule has 2 aromatic carbocycles. The van der Waals surface area contributed by atoms with Crippen LogP contribution in [0.3, 0.4) is 0 Å². The van der Waals surface area contributed by atoms with E-state index in [4.69, 9.17) is 9.47 Å². The van der Waals surface area contributed by atoms with Crippen LogP contribution < -0.4 is 15.4 Å². The molecule has 26 heavy (non-hydrogen) atoms. The summed E-state index contributed by atoms with van der Waals surface area (Å²) in [6, 6.07) is 16.3. The molecule has 142 valence electrons. The lowest BCUT2D eigenvalue weighted by molar-refractivity contribution is 0.106. The van der Waals surface area contributed by atoms with Gasteiger partial charge >= 0.3 is 0 Å². The van der Waals surface area contributed by atoms with Crippen molar-refractivity contribution in [2.24, 2.45) is 4.99 Å². The molecule has 6 heteroatoms. The highest BCUT2D eigenvalue weighted by molar-refractivity contribution is 14.0. The maximum Gasteiger partial charge on any atom is 0.191 e. The number of aliphatic imine (C=N–C) groups is 1. The summed E-state index contributed by atoms with van der Waals surface area (Å²) < 4.78 is 11.0. The summed E-state index contributed by atoms with van der Waals surface area (Å²) in [5, 5.41) is 6.63. The monoisotopic (exact) mass is 469 g/mol. The van der Waals surface area contributed by atoms with Gasteiger partial charge in [-0.1, -0.05) is 42.5 Å². The fourth-order valence-electron chi connectivity index (χ4n) is 2.59. The van der Waals surface area contributed by atoms with Gasteiger partial charge in [-0.3, -0.25) is 4.99 Å². The van der Waals surface area contributed by atoms with Crippen molar-refractivity contribution in [3.63, 3.8) is 0 Å². The number of halogens is 1. The molecule has 0 saturated heterocycles. The molecule has 0 bridgehead atoms. The van der Waals surface area contributed by atoms with Gasteiger partial charge in [-0.15, -0.1) is 24.0 Å². The van der Waals surface area contributed by atoms with E-state index in [1.807, 2.05) is 24.3 Å². The standard InChI is InChI=1S/C20H27N3O2.HI/c1-15-10-11-17(18(12-15)24-3)13-22-20(21-2)23-14-19(25-4)16-8-6-5-7-9-16;/h5-12,19H,13-14H2,1-4H3,(H2,21,22,23);1H. The fourth-order valence-corrected chi connectivity index (χ4v) is 2.59. The van der Waals surface area contributed by atoms with Gasteiger partial charge in [-0.2, -0.15) is 0 Å². The summed E-state index contributed by atoms with van der Waals surface area (Å²) in [4.78, 5) is 4.27. The van der Waals surface area contributed by atoms with E-state index < -0.39 is 0 Å². The highest BCUT2D eigenvalue weighted by Crippen LogP contribution is 2.19. The maximum absolute atomic E-state index is 5.58. The van der Waals surface area contributed by atoms with E-state index in [1.54, 1.807) is 21.3 Å². The molecule has 1 unspecified atom stereocenters. The maximum atomic E-state index is 5.58. The quantitative estimate of drug-likeness (QED) is 0.369. The van der Waals surface area contributed by atoms with Gasteiger partial charge in [0.25, 0.3) is 0 Å². The number of ether oxygens (including phenoxy) is 2. The van der Waals surface area contributed by atoms with Crippen LogP contribution in [0.15, 0.2) is 53.5 Å². The van der Waals surface area contributed by atoms with Crippen molar-refractivity contribution in [1.29, 1.82) is 0 Å². The minimum Gasteiger partial charge on any atom is -0.496 e. The Bertz CT molecular complexity index is 693. The molecule has 5 nitrogen and oxygen atoms in total. The molecule has 0 amide bonds. The summed E-state index contributed by atoms with van der Waals surface area (Å²) >= 11 is 0. The molecule has 0 spiro atoms. The lowest BCUT2D eigenvalue weighted by Gasteiger charge is -2.19. The van der Waals surface area contributed by atoms with Crippen molar-refractivity contribution < 1.29 is 9.47 Å². The predicted octanol–water partition coefficient (Wildman–Crippen LogP) is 3.67. The van der Waals surface area contributed by atoms with Crippen molar-refractivity contribution in [2.75, 3.05) is 27.8 Å². The topological polar surface area (TPSA) is 54.9 Å². The third-order valence-electron chi connectivity index (χ3n) is 4.02. The summed E-state index contributed by atoms with van der Waals surface area (Å²) in [5.74, 6) is 1.60. The summed E-state index contributed by atoms with van der Waals surface area (Å²) in [5.41, 5.74) is 3.39. The Hall–Kier alpha value is -1.80. The molecule has 1 atom stereocenters. The summed E-state index contributed by atoms with van der Waals surface area (Å²) in [6.07, 6.45) is -0.0336. The van der Waals surface area contributed by atoms with Gasteiger partial charge < -0.3 is 20.1 Å². The van der Waals surface area contributed by atoms with Crippen LogP contribution in [-0.2, 0) is 11.3 Å². The molecule has 0 heterocycles. The highest BCUT2D eigenvalue weighted by atomic mass is 127. The highest BCUT2D eigenvalue weighted by Gasteiger charge is 2.11. The second kappa shape index (κ2) is 11.7. The molecule has 2 N–H and O–H groups in total. The van der Waals surface area contributed by atoms with Crippen molar-refractivity contribution in [3.8, 4) is 5.75 Å². The van der Waals surface area contributed by atoms with Gasteiger partial charge in [0.15, 0.2) is 5.96 Å². The SMILES string of the molecule is CN=C(NCc1ccc(C)cc1OC)NCC(OC)c1ccccc1.I. The van der Waals surface area contributed by atoms with E-state index in [2.05, 4.69) is 46.8 Å². The first-order chi connectivity index (χ1) is 12.2. The Balaban J connectivity index is 0.00000338. The number of aryl methyl sites for hydroxylation is 1. The Morgan fingerprint density at radius 2 is 1.81 bits per heavy atom. The predicted molar refractivity (Wildman–Crippen MR) is 118 cm³/mol. The summed E-state index contributed by atoms with van der Waals surface area (Å²) in [6.45, 7) is 3.31. The zero-order valence-electron chi connectivity index (χ0n) is 15.8. The Kier molecular flexibility index (Phi) is 10.0. The molecule has 0 aliphatic rings. The van der Waals surface area contributed by atoms with Gasteiger partial charge in [0.2, 0.25) is 0 Å². The van der Waals surface area contributed by atoms with Crippen LogP contribution in [0.1, 0.15) is 22.8 Å². The third kappa shape index (κ3) is 6.49. The smallest absolute Gasteiger partial charge is 0.191 e. The van der Waals surface area contributed by atoms with Crippen LogP contribution >= 0.6 is 24.0 Å². The number of guanidine groups is 1. The van der Waals surface area contributed by atoms with E-state index in [0.29, 0.717) is 13.1 Å². The van der Waals surface area contributed by atoms with E-state index in [9.17, 15) is 0 Å². The molecule has 0 aliphatic heterocycles. The lowest BCUT2D eigenvalue weighted by Crippen LogP contribution is -2.39. The van der Waals surface area contributed by atoms with Crippen LogP contribution in [0.2, 0.25) is 0 Å². The Labute approximate surface area is 173 Å². The first-order valence-electron chi connectivity index (χ1n) is 8.33. The number of nitrogens with one attached hydrogen (secondary N) is 2. The number of nitrogens with zero attached hydrogens (tertiary/aromatic N) is 1. The normalized spacial score (nSPS) is 12.1. The minimum absolute atomic E-state index is 0. The first kappa shape index (κ1) is 22.2. The summed E-state index contributed by atoms with van der Waals surface area (Å²) in [7, 11) is 5.16. The first-order valence-corrected chi connectivity index (χ1v) is 8.33. The van der Waals surface area contributed by atoms with Crippen LogP contribution in [0.4, 0.5) is 0 Å². The van der Waals surface area contributed by atoms with Crippen LogP contribution in [0.25, 0.3) is 0 Å². The van der Waals surface area contributed by atoms with Crippen LogP contribution in [0.5, 0.6) is 5.75 Å². The zero-order chi connectivity index (χ0) is 18.1. The molecule has 0 saturated carbocycles. The van der Waals surface area contributed by atoms with Crippen molar-refractivity contribution in [1.82, 2.24) is 10.6 Å². The Morgan fingerprint density at radius 1 is 1.08 bits per heavy atom. The molecule has 0 fully saturated rings. The molecule has 0 aromatic heterocycles. The second-order valence-electron chi connectivity index (χ2n) is 5.76. The number of methoxy groups -OCH3 is 2. The largest absolute Gasteiger partial charge is 0.496 e. The molecule has 0 aliphatic carbocycles. The minimum atomic E-state index is -0.0336. The van der Waals surface area contributed by atoms with E-state index >= 15 is 0 Å². The number of hydrogen-bond donors (Lipinski definition) is 2. The van der Waals surface area contributed by atoms with Gasteiger partial charge in [0.05, 0.1) is 13.2 Å². The van der Waals surface area contributed by atoms with Crippen LogP contribution in [-0.4, -0.2) is 33.8 Å². The van der Waals surface area contributed by atoms with Gasteiger partial charge in [-0.05, 0) is 24.1 Å². The number of benzene rings is 2. The Morgan fingerprint density at radius 3 is 2.42 bits per heavy atom. The fraction of sp³-hybridized carbons (Fsp3) is 0.350. The lowest BCUT2D eigenvalue weighted by atomic mass is 10.1. The van der Waals surface area contributed by atoms with Crippen LogP contribution in [0, 0.1) is 6.92 Å². The molecule has 2 rings (SSSR count). The zero-order valence-corrected chi connectivity index (χ0v) is 18.1. The van der Waals surface area contributed by atoms with Gasteiger partial charge in [-0.25, -0.2) is 0 Å². The van der Waals surface area contributed by atoms with Crippen molar-refractivity contribution >= 4 is 29.9 Å². The average molecular weight is 469 g/mol. The average Bonchev–Trinajstić information content (AvgIpc) is 2.66. The van der Waals surface area contributed by atoms with Gasteiger partial charge in [0.1, 0.15) is 5.75 Å². The van der Waals surface area contributed by atoms with E-state index in [0.717, 1.165) is 22.8 Å². The number of hydrogen-bond acceptors (Lipinski definition) is 3. The van der Waals surface area contributed by atoms with Crippen molar-refractivity contribution in [2.45, 2.75) is 19.6 Å². The third-order valence-corrected chi connectivity index (χ3v) is 4.02. The molecular formula is C20H28IN3O2. The molecule has 0 radical (unpaired) electrons.